The predicted molar refractivity (Wildman–Crippen MR) is 94.0 cm³/mol. The Labute approximate surface area is 143 Å². The van der Waals surface area contributed by atoms with Crippen LogP contribution < -0.4 is 5.32 Å². The number of anilines is 1. The van der Waals surface area contributed by atoms with Crippen LogP contribution in [0, 0.1) is 0 Å². The second-order valence-corrected chi connectivity index (χ2v) is 6.69. The van der Waals surface area contributed by atoms with Gasteiger partial charge in [0.1, 0.15) is 5.69 Å². The smallest absolute Gasteiger partial charge is 0.322 e. The Hall–Kier alpha value is -2.67. The first-order valence-corrected chi connectivity index (χ1v) is 8.74. The van der Waals surface area contributed by atoms with Crippen molar-refractivity contribution in [2.45, 2.75) is 12.5 Å². The van der Waals surface area contributed by atoms with Crippen LogP contribution in [0.3, 0.4) is 0 Å². The number of likely N-dealkylation sites (tertiary alicyclic amines) is 1. The number of nitrogens with zero attached hydrogens (tertiary/aromatic N) is 4. The van der Waals surface area contributed by atoms with Crippen LogP contribution in [0.2, 0.25) is 0 Å². The number of amides is 2. The quantitative estimate of drug-likeness (QED) is 0.794. The Morgan fingerprint density at radius 3 is 2.88 bits per heavy atom. The van der Waals surface area contributed by atoms with E-state index in [0.29, 0.717) is 6.54 Å². The van der Waals surface area contributed by atoms with Gasteiger partial charge in [-0.15, -0.1) is 16.4 Å². The molecule has 4 rings (SSSR count). The number of hydrogen-bond acceptors (Lipinski definition) is 4. The van der Waals surface area contributed by atoms with Gasteiger partial charge in [0.25, 0.3) is 0 Å². The average molecular weight is 339 g/mol. The highest BCUT2D eigenvalue weighted by Gasteiger charge is 2.28. The van der Waals surface area contributed by atoms with Crippen molar-refractivity contribution in [1.29, 1.82) is 0 Å². The number of benzene rings is 1. The van der Waals surface area contributed by atoms with Gasteiger partial charge in [-0.3, -0.25) is 5.32 Å². The summed E-state index contributed by atoms with van der Waals surface area (Å²) < 4.78 is 1.88. The van der Waals surface area contributed by atoms with Crippen LogP contribution in [0.5, 0.6) is 0 Å². The van der Waals surface area contributed by atoms with Crippen molar-refractivity contribution in [2.75, 3.05) is 18.4 Å². The van der Waals surface area contributed by atoms with Gasteiger partial charge in [-0.05, 0) is 23.9 Å². The molecule has 1 unspecified atom stereocenters. The maximum Gasteiger partial charge on any atom is 0.322 e. The molecular weight excluding hydrogens is 322 g/mol. The van der Waals surface area contributed by atoms with E-state index in [1.54, 1.807) is 0 Å². The molecule has 1 N–H and O–H groups in total. The lowest BCUT2D eigenvalue weighted by Gasteiger charge is -2.16. The second-order valence-electron chi connectivity index (χ2n) is 5.75. The number of urea groups is 1. The minimum absolute atomic E-state index is 0.0525. The molecule has 2 aromatic heterocycles. The van der Waals surface area contributed by atoms with Crippen molar-refractivity contribution in [1.82, 2.24) is 19.9 Å². The molecule has 6 nitrogen and oxygen atoms in total. The number of carbonyl (C=O) groups excluding carboxylic acids is 1. The van der Waals surface area contributed by atoms with Crippen LogP contribution in [0.4, 0.5) is 9.80 Å². The lowest BCUT2D eigenvalue weighted by Crippen LogP contribution is -2.33. The third-order valence-corrected chi connectivity index (χ3v) is 4.94. The predicted octanol–water partition coefficient (Wildman–Crippen LogP) is 3.49. The highest BCUT2D eigenvalue weighted by molar-refractivity contribution is 7.14. The van der Waals surface area contributed by atoms with Crippen LogP contribution in [-0.2, 0) is 0 Å². The molecular formula is C17H17N5OS. The molecule has 122 valence electrons. The highest BCUT2D eigenvalue weighted by Crippen LogP contribution is 2.24. The van der Waals surface area contributed by atoms with Crippen LogP contribution in [0.15, 0.2) is 54.0 Å². The molecule has 0 saturated carbocycles. The summed E-state index contributed by atoms with van der Waals surface area (Å²) in [6.07, 6.45) is 2.84. The SMILES string of the molecule is O=C(Nc1cccs1)N1CCC(n2cc(-c3ccccc3)nn2)C1. The van der Waals surface area contributed by atoms with Crippen molar-refractivity contribution >= 4 is 22.4 Å². The van der Waals surface area contributed by atoms with Gasteiger partial charge in [-0.25, -0.2) is 9.48 Å². The molecule has 1 aliphatic rings. The number of nitrogens with one attached hydrogen (secondary N) is 1. The molecule has 7 heteroatoms. The molecule has 1 aromatic carbocycles. The summed E-state index contributed by atoms with van der Waals surface area (Å²) in [5, 5.41) is 14.3. The van der Waals surface area contributed by atoms with Crippen LogP contribution >= 0.6 is 11.3 Å². The van der Waals surface area contributed by atoms with Gasteiger partial charge in [0.05, 0.1) is 17.2 Å². The molecule has 0 aliphatic carbocycles. The second kappa shape index (κ2) is 6.45. The van der Waals surface area contributed by atoms with E-state index in [-0.39, 0.29) is 12.1 Å². The highest BCUT2D eigenvalue weighted by atomic mass is 32.1. The maximum atomic E-state index is 12.3. The first-order chi connectivity index (χ1) is 11.8. The van der Waals surface area contributed by atoms with E-state index in [1.807, 2.05) is 63.6 Å². The summed E-state index contributed by atoms with van der Waals surface area (Å²) in [6.45, 7) is 1.37. The van der Waals surface area contributed by atoms with Crippen LogP contribution in [0.25, 0.3) is 11.3 Å². The number of hydrogen-bond donors (Lipinski definition) is 1. The topological polar surface area (TPSA) is 63.1 Å². The molecule has 0 bridgehead atoms. The molecule has 0 spiro atoms. The van der Waals surface area contributed by atoms with E-state index >= 15 is 0 Å². The van der Waals surface area contributed by atoms with E-state index in [2.05, 4.69) is 15.6 Å². The Balaban J connectivity index is 1.42. The summed E-state index contributed by atoms with van der Waals surface area (Å²) in [4.78, 5) is 14.1. The Bertz CT molecular complexity index is 815. The van der Waals surface area contributed by atoms with Gasteiger partial charge >= 0.3 is 6.03 Å². The molecule has 1 fully saturated rings. The number of carbonyl (C=O) groups is 1. The molecule has 1 atom stereocenters. The van der Waals surface area contributed by atoms with Crippen molar-refractivity contribution in [3.8, 4) is 11.3 Å². The van der Waals surface area contributed by atoms with Crippen LogP contribution in [-0.4, -0.2) is 39.0 Å². The van der Waals surface area contributed by atoms with Gasteiger partial charge < -0.3 is 4.90 Å². The minimum atomic E-state index is -0.0525. The van der Waals surface area contributed by atoms with E-state index in [4.69, 9.17) is 0 Å². The van der Waals surface area contributed by atoms with Gasteiger partial charge in [-0.1, -0.05) is 35.5 Å². The van der Waals surface area contributed by atoms with Gasteiger partial charge in [-0.2, -0.15) is 0 Å². The van der Waals surface area contributed by atoms with Crippen molar-refractivity contribution in [3.63, 3.8) is 0 Å². The number of thiophene rings is 1. The molecule has 0 radical (unpaired) electrons. The van der Waals surface area contributed by atoms with E-state index < -0.39 is 0 Å². The molecule has 3 aromatic rings. The summed E-state index contributed by atoms with van der Waals surface area (Å²) in [5.41, 5.74) is 1.91. The third kappa shape index (κ3) is 3.03. The lowest BCUT2D eigenvalue weighted by atomic mass is 10.2. The fraction of sp³-hybridized carbons (Fsp3) is 0.235. The first kappa shape index (κ1) is 14.9. The van der Waals surface area contributed by atoms with E-state index in [1.165, 1.54) is 11.3 Å². The normalized spacial score (nSPS) is 17.2. The molecule has 2 amide bonds. The molecule has 24 heavy (non-hydrogen) atoms. The molecule has 1 aliphatic heterocycles. The van der Waals surface area contributed by atoms with Crippen LogP contribution in [0.1, 0.15) is 12.5 Å². The number of rotatable bonds is 3. The standard InChI is InChI=1S/C17H17N5OS/c23-17(18-16-7-4-10-24-16)21-9-8-14(11-21)22-12-15(19-20-22)13-5-2-1-3-6-13/h1-7,10,12,14H,8-9,11H2,(H,18,23). The first-order valence-electron chi connectivity index (χ1n) is 7.86. The van der Waals surface area contributed by atoms with Gasteiger partial charge in [0.15, 0.2) is 0 Å². The Morgan fingerprint density at radius 2 is 2.08 bits per heavy atom. The van der Waals surface area contributed by atoms with Crippen molar-refractivity contribution in [3.05, 3.63) is 54.0 Å². The third-order valence-electron chi connectivity index (χ3n) is 4.16. The summed E-state index contributed by atoms with van der Waals surface area (Å²) in [6, 6.07) is 13.9. The monoisotopic (exact) mass is 339 g/mol. The van der Waals surface area contributed by atoms with Crippen molar-refractivity contribution in [2.24, 2.45) is 0 Å². The maximum absolute atomic E-state index is 12.3. The Kier molecular flexibility index (Phi) is 4.00. The summed E-state index contributed by atoms with van der Waals surface area (Å²) in [5.74, 6) is 0. The lowest BCUT2D eigenvalue weighted by molar-refractivity contribution is 0.220. The summed E-state index contributed by atoms with van der Waals surface area (Å²) in [7, 11) is 0. The Morgan fingerprint density at radius 1 is 1.21 bits per heavy atom. The van der Waals surface area contributed by atoms with Gasteiger partial charge in [0.2, 0.25) is 0 Å². The fourth-order valence-corrected chi connectivity index (χ4v) is 3.48. The molecule has 1 saturated heterocycles. The zero-order chi connectivity index (χ0) is 16.4. The zero-order valence-electron chi connectivity index (χ0n) is 13.0. The minimum Gasteiger partial charge on any atom is -0.322 e. The zero-order valence-corrected chi connectivity index (χ0v) is 13.8. The number of aromatic nitrogens is 3. The summed E-state index contributed by atoms with van der Waals surface area (Å²) >= 11 is 1.52. The average Bonchev–Trinajstić information content (AvgIpc) is 3.36. The van der Waals surface area contributed by atoms with Crippen molar-refractivity contribution < 1.29 is 4.79 Å². The van der Waals surface area contributed by atoms with E-state index in [9.17, 15) is 4.79 Å². The molecule has 3 heterocycles. The van der Waals surface area contributed by atoms with E-state index in [0.717, 1.165) is 29.2 Å². The fourth-order valence-electron chi connectivity index (χ4n) is 2.87. The van der Waals surface area contributed by atoms with Gasteiger partial charge in [0, 0.05) is 18.7 Å². The largest absolute Gasteiger partial charge is 0.322 e.